The van der Waals surface area contributed by atoms with Crippen LogP contribution >= 0.6 is 23.2 Å². The van der Waals surface area contributed by atoms with Crippen LogP contribution in [0.15, 0.2) is 42.5 Å². The summed E-state index contributed by atoms with van der Waals surface area (Å²) in [5.74, 6) is 0. The van der Waals surface area contributed by atoms with Gasteiger partial charge in [-0.3, -0.25) is 0 Å². The second-order valence-electron chi connectivity index (χ2n) is 4.69. The van der Waals surface area contributed by atoms with E-state index in [1.165, 1.54) is 0 Å². The van der Waals surface area contributed by atoms with Crippen LogP contribution in [0.1, 0.15) is 11.1 Å². The summed E-state index contributed by atoms with van der Waals surface area (Å²) in [5.41, 5.74) is 2.65. The van der Waals surface area contributed by atoms with Crippen LogP contribution in [0, 0.1) is 6.92 Å². The highest BCUT2D eigenvalue weighted by Crippen LogP contribution is 2.19. The highest BCUT2D eigenvalue weighted by molar-refractivity contribution is 6.31. The Kier molecular flexibility index (Phi) is 5.48. The van der Waals surface area contributed by atoms with Gasteiger partial charge < -0.3 is 10.6 Å². The van der Waals surface area contributed by atoms with Crippen LogP contribution in [0.25, 0.3) is 0 Å². The molecular formula is C16H16Cl2N2O. The van der Waals surface area contributed by atoms with Crippen molar-refractivity contribution in [2.24, 2.45) is 0 Å². The van der Waals surface area contributed by atoms with E-state index in [0.717, 1.165) is 11.1 Å². The maximum atomic E-state index is 11.8. The summed E-state index contributed by atoms with van der Waals surface area (Å²) in [5, 5.41) is 6.87. The number of hydrogen-bond donors (Lipinski definition) is 2. The lowest BCUT2D eigenvalue weighted by Crippen LogP contribution is -2.30. The molecule has 0 unspecified atom stereocenters. The zero-order chi connectivity index (χ0) is 15.2. The molecule has 21 heavy (non-hydrogen) atoms. The van der Waals surface area contributed by atoms with E-state index in [2.05, 4.69) is 10.6 Å². The smallest absolute Gasteiger partial charge is 0.319 e. The first-order chi connectivity index (χ1) is 10.1. The van der Waals surface area contributed by atoms with Crippen LogP contribution in [0.4, 0.5) is 10.5 Å². The summed E-state index contributed by atoms with van der Waals surface area (Å²) in [6.07, 6.45) is 0.682. The molecule has 0 aliphatic carbocycles. The van der Waals surface area contributed by atoms with Gasteiger partial charge in [0.15, 0.2) is 0 Å². The molecule has 5 heteroatoms. The first kappa shape index (κ1) is 15.7. The number of carbonyl (C=O) groups excluding carboxylic acids is 1. The van der Waals surface area contributed by atoms with Crippen molar-refractivity contribution in [2.75, 3.05) is 11.9 Å². The van der Waals surface area contributed by atoms with Crippen molar-refractivity contribution in [2.45, 2.75) is 13.3 Å². The van der Waals surface area contributed by atoms with Gasteiger partial charge in [-0.15, -0.1) is 0 Å². The van der Waals surface area contributed by atoms with E-state index in [4.69, 9.17) is 23.2 Å². The van der Waals surface area contributed by atoms with Crippen molar-refractivity contribution in [1.82, 2.24) is 5.32 Å². The monoisotopic (exact) mass is 322 g/mol. The first-order valence-electron chi connectivity index (χ1n) is 6.60. The highest BCUT2D eigenvalue weighted by atomic mass is 35.5. The molecule has 0 aliphatic heterocycles. The van der Waals surface area contributed by atoms with Gasteiger partial charge in [-0.25, -0.2) is 4.79 Å². The Morgan fingerprint density at radius 1 is 1.10 bits per heavy atom. The first-order valence-corrected chi connectivity index (χ1v) is 7.36. The average molecular weight is 323 g/mol. The van der Waals surface area contributed by atoms with Crippen LogP contribution in [0.2, 0.25) is 10.0 Å². The summed E-state index contributed by atoms with van der Waals surface area (Å²) in [4.78, 5) is 11.8. The quantitative estimate of drug-likeness (QED) is 0.844. The molecule has 2 amide bonds. The van der Waals surface area contributed by atoms with E-state index in [1.54, 1.807) is 6.07 Å². The molecule has 2 rings (SSSR count). The summed E-state index contributed by atoms with van der Waals surface area (Å²) in [6.45, 7) is 2.42. The van der Waals surface area contributed by atoms with E-state index < -0.39 is 0 Å². The molecule has 2 N–H and O–H groups in total. The van der Waals surface area contributed by atoms with Gasteiger partial charge in [0.1, 0.15) is 0 Å². The lowest BCUT2D eigenvalue weighted by Gasteiger charge is -2.09. The molecule has 110 valence electrons. The van der Waals surface area contributed by atoms with Crippen LogP contribution in [-0.2, 0) is 6.42 Å². The summed E-state index contributed by atoms with van der Waals surface area (Å²) >= 11 is 12.1. The van der Waals surface area contributed by atoms with E-state index in [-0.39, 0.29) is 6.03 Å². The topological polar surface area (TPSA) is 41.1 Å². The Hall–Kier alpha value is -1.71. The zero-order valence-electron chi connectivity index (χ0n) is 11.6. The molecule has 2 aromatic rings. The molecule has 3 nitrogen and oxygen atoms in total. The number of carbonyl (C=O) groups is 1. The predicted octanol–water partition coefficient (Wildman–Crippen LogP) is 4.67. The van der Waals surface area contributed by atoms with E-state index in [9.17, 15) is 4.79 Å². The number of nitrogens with one attached hydrogen (secondary N) is 2. The van der Waals surface area contributed by atoms with Gasteiger partial charge in [0.25, 0.3) is 0 Å². The number of urea groups is 1. The Bertz CT molecular complexity index is 644. The molecule has 0 atom stereocenters. The Labute approximate surface area is 134 Å². The van der Waals surface area contributed by atoms with Crippen molar-refractivity contribution in [3.63, 3.8) is 0 Å². The Balaban J connectivity index is 1.82. The number of rotatable bonds is 4. The number of amides is 2. The van der Waals surface area contributed by atoms with Crippen LogP contribution in [0.3, 0.4) is 0 Å². The van der Waals surface area contributed by atoms with Crippen molar-refractivity contribution in [1.29, 1.82) is 0 Å². The fourth-order valence-corrected chi connectivity index (χ4v) is 2.27. The second kappa shape index (κ2) is 7.34. The third-order valence-electron chi connectivity index (χ3n) is 3.07. The lowest BCUT2D eigenvalue weighted by molar-refractivity contribution is 0.252. The second-order valence-corrected chi connectivity index (χ2v) is 5.50. The summed E-state index contributed by atoms with van der Waals surface area (Å²) < 4.78 is 0. The molecule has 0 saturated heterocycles. The minimum absolute atomic E-state index is 0.262. The van der Waals surface area contributed by atoms with Gasteiger partial charge in [0.2, 0.25) is 0 Å². The van der Waals surface area contributed by atoms with Gasteiger partial charge in [0, 0.05) is 22.3 Å². The molecule has 0 aromatic heterocycles. The third kappa shape index (κ3) is 4.66. The summed E-state index contributed by atoms with van der Waals surface area (Å²) in [7, 11) is 0. The summed E-state index contributed by atoms with van der Waals surface area (Å²) in [6, 6.07) is 12.7. The molecule has 0 fully saturated rings. The SMILES string of the molecule is Cc1ccc(NC(=O)NCCc2ccccc2Cl)cc1Cl. The molecule has 0 radical (unpaired) electrons. The van der Waals surface area contributed by atoms with Crippen molar-refractivity contribution < 1.29 is 4.79 Å². The molecule has 2 aromatic carbocycles. The van der Waals surface area contributed by atoms with Crippen LogP contribution in [0.5, 0.6) is 0 Å². The van der Waals surface area contributed by atoms with Crippen molar-refractivity contribution in [3.8, 4) is 0 Å². The lowest BCUT2D eigenvalue weighted by atomic mass is 10.1. The molecule has 0 heterocycles. The number of aryl methyl sites for hydroxylation is 1. The maximum absolute atomic E-state index is 11.8. The van der Waals surface area contributed by atoms with Gasteiger partial charge in [-0.05, 0) is 42.7 Å². The standard InChI is InChI=1S/C16H16Cl2N2O/c1-11-6-7-13(10-15(11)18)20-16(21)19-9-8-12-4-2-3-5-14(12)17/h2-7,10H,8-9H2,1H3,(H2,19,20,21). The minimum Gasteiger partial charge on any atom is -0.338 e. The minimum atomic E-state index is -0.262. The Morgan fingerprint density at radius 2 is 1.86 bits per heavy atom. The highest BCUT2D eigenvalue weighted by Gasteiger charge is 2.04. The van der Waals surface area contributed by atoms with Crippen molar-refractivity contribution >= 4 is 34.9 Å². The number of anilines is 1. The fraction of sp³-hybridized carbons (Fsp3) is 0.188. The van der Waals surface area contributed by atoms with Crippen LogP contribution < -0.4 is 10.6 Å². The zero-order valence-corrected chi connectivity index (χ0v) is 13.1. The normalized spacial score (nSPS) is 10.2. The van der Waals surface area contributed by atoms with E-state index in [0.29, 0.717) is 28.7 Å². The molecular weight excluding hydrogens is 307 g/mol. The fourth-order valence-electron chi connectivity index (χ4n) is 1.86. The number of hydrogen-bond acceptors (Lipinski definition) is 1. The Morgan fingerprint density at radius 3 is 2.57 bits per heavy atom. The number of halogens is 2. The molecule has 0 bridgehead atoms. The number of benzene rings is 2. The van der Waals surface area contributed by atoms with Gasteiger partial charge in [-0.1, -0.05) is 47.5 Å². The average Bonchev–Trinajstić information content (AvgIpc) is 2.45. The van der Waals surface area contributed by atoms with Crippen molar-refractivity contribution in [3.05, 3.63) is 63.6 Å². The molecule has 0 spiro atoms. The molecule has 0 aliphatic rings. The maximum Gasteiger partial charge on any atom is 0.319 e. The third-order valence-corrected chi connectivity index (χ3v) is 3.84. The van der Waals surface area contributed by atoms with Gasteiger partial charge in [-0.2, -0.15) is 0 Å². The van der Waals surface area contributed by atoms with Gasteiger partial charge in [0.05, 0.1) is 0 Å². The predicted molar refractivity (Wildman–Crippen MR) is 88.4 cm³/mol. The van der Waals surface area contributed by atoms with Gasteiger partial charge >= 0.3 is 6.03 Å². The molecule has 0 saturated carbocycles. The van der Waals surface area contributed by atoms with Crippen LogP contribution in [-0.4, -0.2) is 12.6 Å². The van der Waals surface area contributed by atoms with E-state index >= 15 is 0 Å². The van der Waals surface area contributed by atoms with E-state index in [1.807, 2.05) is 43.3 Å². The largest absolute Gasteiger partial charge is 0.338 e.